The van der Waals surface area contributed by atoms with Crippen LogP contribution in [0.1, 0.15) is 24.2 Å². The van der Waals surface area contributed by atoms with E-state index in [0.717, 1.165) is 12.1 Å². The Morgan fingerprint density at radius 2 is 1.93 bits per heavy atom. The molecule has 0 aliphatic carbocycles. The molecule has 2 N–H and O–H groups in total. The third-order valence-electron chi connectivity index (χ3n) is 4.77. The lowest BCUT2D eigenvalue weighted by atomic mass is 9.99. The van der Waals surface area contributed by atoms with Crippen LogP contribution in [-0.2, 0) is 14.8 Å². The maximum absolute atomic E-state index is 13.0. The monoisotopic (exact) mass is 446 g/mol. The number of sulfonamides is 1. The summed E-state index contributed by atoms with van der Waals surface area (Å²) in [5, 5.41) is 9.19. The van der Waals surface area contributed by atoms with E-state index in [-0.39, 0.29) is 17.1 Å². The Hall–Kier alpha value is -2.60. The molecule has 12 heteroatoms. The summed E-state index contributed by atoms with van der Waals surface area (Å²) in [6.45, 7) is 3.51. The third-order valence-corrected chi connectivity index (χ3v) is 6.90. The number of nitrogens with zero attached hydrogens (tertiary/aromatic N) is 2. The highest BCUT2D eigenvalue weighted by Gasteiger charge is 2.36. The summed E-state index contributed by atoms with van der Waals surface area (Å²) in [6, 6.07) is 4.75. The first-order valence-corrected chi connectivity index (χ1v) is 10.6. The zero-order valence-corrected chi connectivity index (χ0v) is 17.1. The fraction of sp³-hybridized carbons (Fsp3) is 0.444. The van der Waals surface area contributed by atoms with E-state index in [2.05, 4.69) is 20.3 Å². The van der Waals surface area contributed by atoms with Crippen LogP contribution in [0.4, 0.5) is 18.9 Å². The van der Waals surface area contributed by atoms with Gasteiger partial charge in [0.2, 0.25) is 15.9 Å². The molecule has 0 spiro atoms. The molecule has 2 aromatic rings. The van der Waals surface area contributed by atoms with Gasteiger partial charge in [0.25, 0.3) is 0 Å². The van der Waals surface area contributed by atoms with Gasteiger partial charge in [-0.1, -0.05) is 0 Å². The van der Waals surface area contributed by atoms with E-state index in [9.17, 15) is 26.4 Å². The maximum atomic E-state index is 13.0. The van der Waals surface area contributed by atoms with Crippen molar-refractivity contribution >= 4 is 21.6 Å². The molecule has 1 saturated heterocycles. The lowest BCUT2D eigenvalue weighted by Gasteiger charge is -2.31. The number of benzene rings is 1. The van der Waals surface area contributed by atoms with Crippen LogP contribution in [-0.4, -0.2) is 48.3 Å². The molecule has 30 heavy (non-hydrogen) atoms. The molecule has 1 aliphatic rings. The van der Waals surface area contributed by atoms with Crippen LogP contribution in [0.15, 0.2) is 29.2 Å². The Bertz CT molecular complexity index is 1000. The lowest BCUT2D eigenvalue weighted by molar-refractivity contribution is -0.274. The molecule has 164 valence electrons. The van der Waals surface area contributed by atoms with Crippen LogP contribution in [0.2, 0.25) is 0 Å². The SMILES string of the molecule is Cc1n[nH]c(C)c1S(=O)(=O)N1CCCC(C(=O)Nc2ccc(OC(F)(F)F)cc2)C1. The summed E-state index contributed by atoms with van der Waals surface area (Å²) >= 11 is 0. The van der Waals surface area contributed by atoms with Crippen LogP contribution >= 0.6 is 0 Å². The summed E-state index contributed by atoms with van der Waals surface area (Å²) in [6.07, 6.45) is -3.80. The zero-order valence-electron chi connectivity index (χ0n) is 16.3. The summed E-state index contributed by atoms with van der Waals surface area (Å²) in [7, 11) is -3.81. The van der Waals surface area contributed by atoms with Gasteiger partial charge in [0.1, 0.15) is 10.6 Å². The first kappa shape index (κ1) is 22.1. The zero-order chi connectivity index (χ0) is 22.1. The van der Waals surface area contributed by atoms with Gasteiger partial charge in [-0.05, 0) is 51.0 Å². The van der Waals surface area contributed by atoms with Crippen molar-refractivity contribution in [3.05, 3.63) is 35.7 Å². The number of hydrogen-bond acceptors (Lipinski definition) is 5. The van der Waals surface area contributed by atoms with E-state index in [1.807, 2.05) is 0 Å². The fourth-order valence-electron chi connectivity index (χ4n) is 3.41. The first-order chi connectivity index (χ1) is 14.0. The summed E-state index contributed by atoms with van der Waals surface area (Å²) in [5.41, 5.74) is 1.08. The molecule has 1 fully saturated rings. The van der Waals surface area contributed by atoms with Crippen LogP contribution in [0, 0.1) is 19.8 Å². The van der Waals surface area contributed by atoms with Gasteiger partial charge in [-0.3, -0.25) is 9.89 Å². The minimum Gasteiger partial charge on any atom is -0.406 e. The van der Waals surface area contributed by atoms with E-state index < -0.39 is 34.0 Å². The van der Waals surface area contributed by atoms with Crippen molar-refractivity contribution < 1.29 is 31.1 Å². The summed E-state index contributed by atoms with van der Waals surface area (Å²) in [5.74, 6) is -1.39. The molecule has 1 aromatic heterocycles. The number of aryl methyl sites for hydroxylation is 2. The number of halogens is 3. The number of aromatic amines is 1. The minimum atomic E-state index is -4.80. The number of carbonyl (C=O) groups is 1. The number of ether oxygens (including phenoxy) is 1. The van der Waals surface area contributed by atoms with Crippen molar-refractivity contribution in [2.45, 2.75) is 37.9 Å². The van der Waals surface area contributed by atoms with Crippen molar-refractivity contribution in [3.8, 4) is 5.75 Å². The topological polar surface area (TPSA) is 104 Å². The van der Waals surface area contributed by atoms with Crippen LogP contribution in [0.3, 0.4) is 0 Å². The Kier molecular flexibility index (Phi) is 6.09. The Morgan fingerprint density at radius 1 is 1.27 bits per heavy atom. The summed E-state index contributed by atoms with van der Waals surface area (Å²) in [4.78, 5) is 12.7. The van der Waals surface area contributed by atoms with E-state index in [1.165, 1.54) is 16.4 Å². The van der Waals surface area contributed by atoms with Gasteiger partial charge in [-0.2, -0.15) is 9.40 Å². The number of anilines is 1. The number of aromatic nitrogens is 2. The van der Waals surface area contributed by atoms with Crippen molar-refractivity contribution in [2.24, 2.45) is 5.92 Å². The Morgan fingerprint density at radius 3 is 2.50 bits per heavy atom. The number of hydrogen-bond donors (Lipinski definition) is 2. The number of piperidine rings is 1. The Balaban J connectivity index is 1.67. The van der Waals surface area contributed by atoms with Gasteiger partial charge in [0.15, 0.2) is 0 Å². The standard InChI is InChI=1S/C18H21F3N4O4S/c1-11-16(12(2)24-23-11)30(27,28)25-9-3-4-13(10-25)17(26)22-14-5-7-15(8-6-14)29-18(19,20)21/h5-8,13H,3-4,9-10H2,1-2H3,(H,22,26)(H,23,24). The molecule has 1 unspecified atom stereocenters. The van der Waals surface area contributed by atoms with Crippen LogP contribution in [0.25, 0.3) is 0 Å². The van der Waals surface area contributed by atoms with Crippen molar-refractivity contribution in [3.63, 3.8) is 0 Å². The number of nitrogens with one attached hydrogen (secondary N) is 2. The fourth-order valence-corrected chi connectivity index (χ4v) is 5.26. The molecule has 0 saturated carbocycles. The second kappa shape index (κ2) is 8.26. The predicted molar refractivity (Wildman–Crippen MR) is 101 cm³/mol. The molecular weight excluding hydrogens is 425 g/mol. The maximum Gasteiger partial charge on any atom is 0.573 e. The van der Waals surface area contributed by atoms with Crippen LogP contribution < -0.4 is 10.1 Å². The average molecular weight is 446 g/mol. The molecule has 8 nitrogen and oxygen atoms in total. The normalized spacial score (nSPS) is 18.2. The molecule has 1 aliphatic heterocycles. The number of rotatable bonds is 5. The quantitative estimate of drug-likeness (QED) is 0.735. The van der Waals surface area contributed by atoms with Gasteiger partial charge in [-0.15, -0.1) is 13.2 Å². The van der Waals surface area contributed by atoms with Gasteiger partial charge >= 0.3 is 6.36 Å². The van der Waals surface area contributed by atoms with Gasteiger partial charge in [0, 0.05) is 18.8 Å². The van der Waals surface area contributed by atoms with Crippen molar-refractivity contribution in [1.29, 1.82) is 0 Å². The van der Waals surface area contributed by atoms with E-state index in [1.54, 1.807) is 13.8 Å². The highest BCUT2D eigenvalue weighted by Crippen LogP contribution is 2.28. The molecule has 1 amide bonds. The second-order valence-electron chi connectivity index (χ2n) is 7.03. The lowest BCUT2D eigenvalue weighted by Crippen LogP contribution is -2.43. The number of amides is 1. The average Bonchev–Trinajstić information content (AvgIpc) is 3.01. The molecule has 3 rings (SSSR count). The molecule has 0 bridgehead atoms. The van der Waals surface area contributed by atoms with Crippen LogP contribution in [0.5, 0.6) is 5.75 Å². The molecule has 0 radical (unpaired) electrons. The van der Waals surface area contributed by atoms with E-state index >= 15 is 0 Å². The molecule has 1 aromatic carbocycles. The summed E-state index contributed by atoms with van der Waals surface area (Å²) < 4.78 is 67.7. The van der Waals surface area contributed by atoms with Gasteiger partial charge < -0.3 is 10.1 Å². The molecule has 1 atom stereocenters. The van der Waals surface area contributed by atoms with Crippen molar-refractivity contribution in [2.75, 3.05) is 18.4 Å². The number of H-pyrrole nitrogens is 1. The van der Waals surface area contributed by atoms with Gasteiger partial charge in [-0.25, -0.2) is 8.42 Å². The highest BCUT2D eigenvalue weighted by atomic mass is 32.2. The second-order valence-corrected chi connectivity index (χ2v) is 8.90. The molecular formula is C18H21F3N4O4S. The third kappa shape index (κ3) is 4.93. The van der Waals surface area contributed by atoms with E-state index in [4.69, 9.17) is 0 Å². The first-order valence-electron chi connectivity index (χ1n) is 9.16. The van der Waals surface area contributed by atoms with Gasteiger partial charge in [0.05, 0.1) is 17.3 Å². The van der Waals surface area contributed by atoms with E-state index in [0.29, 0.717) is 30.8 Å². The smallest absolute Gasteiger partial charge is 0.406 e. The number of alkyl halides is 3. The minimum absolute atomic E-state index is 0.00744. The molecule has 2 heterocycles. The van der Waals surface area contributed by atoms with Crippen molar-refractivity contribution in [1.82, 2.24) is 14.5 Å². The predicted octanol–water partition coefficient (Wildman–Crippen LogP) is 2.96. The Labute approximate surface area is 171 Å². The highest BCUT2D eigenvalue weighted by molar-refractivity contribution is 7.89. The largest absolute Gasteiger partial charge is 0.573 e. The number of carbonyl (C=O) groups excluding carboxylic acids is 1.